The summed E-state index contributed by atoms with van der Waals surface area (Å²) in [5.41, 5.74) is 0. The molecule has 0 spiro atoms. The standard InChI is InChI=1S/C20H44NO2.F6P/c1-4-7-8-9-10-11-12-13-14-15-16-21(5-2,6-3)17-19-23-20-18-22;1-7(2,3,4,5)6/h22H,4-20H2,1-3H3;/q+1;-1. The van der Waals surface area contributed by atoms with Gasteiger partial charge in [0.25, 0.3) is 0 Å². The van der Waals surface area contributed by atoms with Crippen molar-refractivity contribution in [3.63, 3.8) is 0 Å². The molecule has 0 radical (unpaired) electrons. The molecule has 30 heavy (non-hydrogen) atoms. The van der Waals surface area contributed by atoms with E-state index >= 15 is 0 Å². The Morgan fingerprint density at radius 1 is 0.633 bits per heavy atom. The summed E-state index contributed by atoms with van der Waals surface area (Å²) >= 11 is 0. The molecule has 0 aliphatic rings. The van der Waals surface area contributed by atoms with Crippen molar-refractivity contribution >= 4 is 7.81 Å². The van der Waals surface area contributed by atoms with Crippen molar-refractivity contribution in [1.82, 2.24) is 0 Å². The molecule has 188 valence electrons. The molecule has 0 amide bonds. The predicted molar refractivity (Wildman–Crippen MR) is 114 cm³/mol. The third-order valence-electron chi connectivity index (χ3n) is 5.27. The quantitative estimate of drug-likeness (QED) is 0.0938. The predicted octanol–water partition coefficient (Wildman–Crippen LogP) is 8.16. The Kier molecular flexibility index (Phi) is 15.9. The van der Waals surface area contributed by atoms with Crippen LogP contribution < -0.4 is 0 Å². The van der Waals surface area contributed by atoms with Crippen LogP contribution in [0.1, 0.15) is 85.0 Å². The van der Waals surface area contributed by atoms with Crippen molar-refractivity contribution in [3.05, 3.63) is 0 Å². The number of unbranched alkanes of at least 4 members (excludes halogenated alkanes) is 9. The molecule has 10 heteroatoms. The van der Waals surface area contributed by atoms with E-state index in [-0.39, 0.29) is 6.61 Å². The van der Waals surface area contributed by atoms with Gasteiger partial charge in [0.2, 0.25) is 0 Å². The van der Waals surface area contributed by atoms with Crippen molar-refractivity contribution in [3.8, 4) is 0 Å². The summed E-state index contributed by atoms with van der Waals surface area (Å²) in [6.07, 6.45) is 14.0. The molecule has 0 aliphatic carbocycles. The van der Waals surface area contributed by atoms with E-state index in [1.165, 1.54) is 88.3 Å². The Morgan fingerprint density at radius 2 is 1.03 bits per heavy atom. The zero-order chi connectivity index (χ0) is 23.6. The van der Waals surface area contributed by atoms with Gasteiger partial charge in [-0.05, 0) is 26.7 Å². The average Bonchev–Trinajstić information content (AvgIpc) is 2.62. The molecule has 0 unspecified atom stereocenters. The molecule has 0 aliphatic heterocycles. The number of nitrogens with zero attached hydrogens (tertiary/aromatic N) is 1. The van der Waals surface area contributed by atoms with Gasteiger partial charge < -0.3 is 14.3 Å². The Bertz CT molecular complexity index is 391. The molecule has 0 aromatic rings. The summed E-state index contributed by atoms with van der Waals surface area (Å²) < 4.78 is 65.8. The number of rotatable bonds is 18. The van der Waals surface area contributed by atoms with E-state index in [0.717, 1.165) is 13.2 Å². The summed E-state index contributed by atoms with van der Waals surface area (Å²) in [7, 11) is -10.7. The number of aliphatic hydroxyl groups excluding tert-OH is 1. The van der Waals surface area contributed by atoms with Crippen LogP contribution in [0.25, 0.3) is 0 Å². The second-order valence-electron chi connectivity index (χ2n) is 7.90. The number of halogens is 6. The van der Waals surface area contributed by atoms with Gasteiger partial charge in [-0.15, -0.1) is 0 Å². The number of ether oxygens (including phenoxy) is 1. The molecule has 0 atom stereocenters. The van der Waals surface area contributed by atoms with Crippen LogP contribution in [0.4, 0.5) is 25.2 Å². The first-order valence-electron chi connectivity index (χ1n) is 11.3. The van der Waals surface area contributed by atoms with Crippen LogP contribution in [0.15, 0.2) is 0 Å². The zero-order valence-corrected chi connectivity index (χ0v) is 19.9. The molecular weight excluding hydrogens is 431 g/mol. The summed E-state index contributed by atoms with van der Waals surface area (Å²) in [6, 6.07) is 0. The van der Waals surface area contributed by atoms with Gasteiger partial charge in [-0.1, -0.05) is 58.3 Å². The maximum absolute atomic E-state index is 10.7. The van der Waals surface area contributed by atoms with E-state index in [2.05, 4.69) is 20.8 Å². The van der Waals surface area contributed by atoms with Gasteiger partial charge in [0.1, 0.15) is 6.54 Å². The molecular formula is C20H44F6NO2P. The fourth-order valence-electron chi connectivity index (χ4n) is 3.33. The van der Waals surface area contributed by atoms with E-state index in [1.807, 2.05) is 0 Å². The van der Waals surface area contributed by atoms with Gasteiger partial charge >= 0.3 is 33.0 Å². The summed E-state index contributed by atoms with van der Waals surface area (Å²) in [5.74, 6) is 0. The Hall–Kier alpha value is -0.110. The first-order chi connectivity index (χ1) is 13.7. The molecule has 0 heterocycles. The zero-order valence-electron chi connectivity index (χ0n) is 19.0. The van der Waals surface area contributed by atoms with Crippen molar-refractivity contribution in [1.29, 1.82) is 0 Å². The first kappa shape index (κ1) is 32.1. The molecule has 0 saturated heterocycles. The SMILES string of the molecule is CCCCCCCCCCCC[N+](CC)(CC)CCOCCO.F[P-](F)(F)(F)(F)F. The molecule has 0 fully saturated rings. The average molecular weight is 476 g/mol. The second kappa shape index (κ2) is 14.9. The van der Waals surface area contributed by atoms with Gasteiger partial charge in [0.15, 0.2) is 0 Å². The number of likely N-dealkylation sites (N-methyl/N-ethyl adjacent to an activating group) is 1. The fraction of sp³-hybridized carbons (Fsp3) is 1.00. The van der Waals surface area contributed by atoms with E-state index in [9.17, 15) is 25.2 Å². The van der Waals surface area contributed by atoms with Gasteiger partial charge in [-0.25, -0.2) is 0 Å². The third kappa shape index (κ3) is 30.1. The first-order valence-corrected chi connectivity index (χ1v) is 13.3. The van der Waals surface area contributed by atoms with E-state index in [4.69, 9.17) is 9.84 Å². The molecule has 0 saturated carbocycles. The topological polar surface area (TPSA) is 29.5 Å². The number of quaternary nitrogens is 1. The summed E-state index contributed by atoms with van der Waals surface area (Å²) in [5, 5.41) is 8.78. The van der Waals surface area contributed by atoms with Crippen LogP contribution in [0.5, 0.6) is 0 Å². The van der Waals surface area contributed by atoms with E-state index in [0.29, 0.717) is 6.61 Å². The normalized spacial score (nSPS) is 14.6. The fourth-order valence-corrected chi connectivity index (χ4v) is 3.33. The number of hydrogen-bond acceptors (Lipinski definition) is 2. The minimum absolute atomic E-state index is 0.136. The molecule has 0 rings (SSSR count). The van der Waals surface area contributed by atoms with Crippen LogP contribution >= 0.6 is 7.81 Å². The molecule has 1 N–H and O–H groups in total. The monoisotopic (exact) mass is 475 g/mol. The Balaban J connectivity index is 0. The van der Waals surface area contributed by atoms with Crippen molar-refractivity contribution in [2.75, 3.05) is 46.0 Å². The Labute approximate surface area is 179 Å². The van der Waals surface area contributed by atoms with E-state index in [1.54, 1.807) is 0 Å². The van der Waals surface area contributed by atoms with Crippen molar-refractivity contribution in [2.24, 2.45) is 0 Å². The van der Waals surface area contributed by atoms with Gasteiger partial charge in [0.05, 0.1) is 39.5 Å². The van der Waals surface area contributed by atoms with Crippen molar-refractivity contribution in [2.45, 2.75) is 85.0 Å². The molecule has 0 bridgehead atoms. The van der Waals surface area contributed by atoms with Crippen LogP contribution in [0, 0.1) is 0 Å². The van der Waals surface area contributed by atoms with Gasteiger partial charge in [0, 0.05) is 0 Å². The van der Waals surface area contributed by atoms with Crippen LogP contribution in [-0.2, 0) is 4.74 Å². The minimum atomic E-state index is -10.7. The second-order valence-corrected chi connectivity index (χ2v) is 9.81. The maximum atomic E-state index is 9.87. The van der Waals surface area contributed by atoms with Crippen LogP contribution in [0.2, 0.25) is 0 Å². The molecule has 0 aromatic heterocycles. The van der Waals surface area contributed by atoms with Crippen molar-refractivity contribution < 1.29 is 39.5 Å². The Morgan fingerprint density at radius 3 is 1.40 bits per heavy atom. The van der Waals surface area contributed by atoms with Gasteiger partial charge in [-0.3, -0.25) is 0 Å². The van der Waals surface area contributed by atoms with Crippen LogP contribution in [-0.4, -0.2) is 55.6 Å². The molecule has 3 nitrogen and oxygen atoms in total. The third-order valence-corrected chi connectivity index (χ3v) is 5.27. The number of aliphatic hydroxyl groups is 1. The summed E-state index contributed by atoms with van der Waals surface area (Å²) in [4.78, 5) is 0. The number of hydrogen-bond donors (Lipinski definition) is 1. The van der Waals surface area contributed by atoms with Crippen LogP contribution in [0.3, 0.4) is 0 Å². The van der Waals surface area contributed by atoms with E-state index < -0.39 is 7.81 Å². The summed E-state index contributed by atoms with van der Waals surface area (Å²) in [6.45, 7) is 13.0. The molecule has 0 aromatic carbocycles. The van der Waals surface area contributed by atoms with Gasteiger partial charge in [-0.2, -0.15) is 0 Å².